The van der Waals surface area contributed by atoms with Crippen molar-refractivity contribution < 1.29 is 26.1 Å². The van der Waals surface area contributed by atoms with Crippen LogP contribution in [0.1, 0.15) is 51.9 Å². The van der Waals surface area contributed by atoms with E-state index in [2.05, 4.69) is 110 Å². The van der Waals surface area contributed by atoms with Gasteiger partial charge in [-0.15, -0.1) is 0 Å². The van der Waals surface area contributed by atoms with Crippen molar-refractivity contribution in [3.05, 3.63) is 91.0 Å². The van der Waals surface area contributed by atoms with E-state index in [0.29, 0.717) is 0 Å². The molecule has 0 aromatic heterocycles. The lowest BCUT2D eigenvalue weighted by Crippen LogP contribution is -2.29. The average Bonchev–Trinajstić information content (AvgIpc) is 2.89. The quantitative estimate of drug-likeness (QED) is 0.0978. The summed E-state index contributed by atoms with van der Waals surface area (Å²) in [7, 11) is -8.07. The van der Waals surface area contributed by atoms with E-state index in [1.165, 1.54) is 54.4 Å². The molecule has 0 aliphatic rings. The molecule has 0 N–H and O–H groups in total. The molecule has 0 aliphatic heterocycles. The number of halogens is 3. The molecule has 3 nitrogen and oxygen atoms in total. The Balaban J connectivity index is 0.000000521. The highest BCUT2D eigenvalue weighted by Crippen LogP contribution is 2.54. The van der Waals surface area contributed by atoms with Crippen LogP contribution in [0.5, 0.6) is 0 Å². The van der Waals surface area contributed by atoms with Gasteiger partial charge in [0.25, 0.3) is 0 Å². The number of alkyl halides is 3. The Morgan fingerprint density at radius 2 is 1.05 bits per heavy atom. The van der Waals surface area contributed by atoms with Gasteiger partial charge in [-0.05, 0) is 42.8 Å². The Hall–Kier alpha value is -2.65. The third kappa shape index (κ3) is 9.31. The third-order valence-corrected chi connectivity index (χ3v) is 9.89. The van der Waals surface area contributed by atoms with Crippen molar-refractivity contribution in [2.75, 3.05) is 0 Å². The van der Waals surface area contributed by atoms with Crippen LogP contribution in [0.15, 0.2) is 91.0 Å². The van der Waals surface area contributed by atoms with Crippen molar-refractivity contribution in [1.82, 2.24) is 0 Å². The molecule has 0 saturated carbocycles. The van der Waals surface area contributed by atoms with Gasteiger partial charge >= 0.3 is 5.51 Å². The zero-order chi connectivity index (χ0) is 27.2. The van der Waals surface area contributed by atoms with Gasteiger partial charge in [-0.2, -0.15) is 13.2 Å². The zero-order valence-electron chi connectivity index (χ0n) is 20.8. The van der Waals surface area contributed by atoms with E-state index >= 15 is 0 Å². The van der Waals surface area contributed by atoms with Gasteiger partial charge in [0.1, 0.15) is 15.9 Å². The Kier molecular flexibility index (Phi) is 12.3. The van der Waals surface area contributed by atoms with Crippen molar-refractivity contribution in [3.63, 3.8) is 0 Å². The van der Waals surface area contributed by atoms with Crippen molar-refractivity contribution >= 4 is 33.3 Å². The topological polar surface area (TPSA) is 57.2 Å². The first-order chi connectivity index (χ1) is 17.6. The van der Waals surface area contributed by atoms with Gasteiger partial charge in [0.05, 0.1) is 5.66 Å². The van der Waals surface area contributed by atoms with Gasteiger partial charge in [-0.1, -0.05) is 99.5 Å². The maximum absolute atomic E-state index is 10.7. The minimum absolute atomic E-state index is 0.986. The summed E-state index contributed by atoms with van der Waals surface area (Å²) in [6, 6.07) is 32.7. The summed E-state index contributed by atoms with van der Waals surface area (Å²) in [6.07, 6.45) is 8.84. The van der Waals surface area contributed by atoms with Crippen LogP contribution in [0, 0.1) is 11.6 Å². The van der Waals surface area contributed by atoms with Crippen LogP contribution in [-0.4, -0.2) is 18.5 Å². The van der Waals surface area contributed by atoms with E-state index in [1.54, 1.807) is 0 Å². The molecule has 198 valence electrons. The van der Waals surface area contributed by atoms with Crippen molar-refractivity contribution in [3.8, 4) is 11.6 Å². The first-order valence-electron chi connectivity index (χ1n) is 12.2. The predicted molar refractivity (Wildman–Crippen MR) is 147 cm³/mol. The second-order valence-electron chi connectivity index (χ2n) is 8.38. The molecule has 0 amide bonds. The average molecular weight is 549 g/mol. The van der Waals surface area contributed by atoms with Gasteiger partial charge in [0.15, 0.2) is 17.4 Å². The summed E-state index contributed by atoms with van der Waals surface area (Å²) in [6.45, 7) is 2.27. The normalized spacial score (nSPS) is 11.6. The fourth-order valence-electron chi connectivity index (χ4n) is 3.76. The monoisotopic (exact) mass is 548 g/mol. The molecule has 0 spiro atoms. The number of rotatable bonds is 9. The van der Waals surface area contributed by atoms with Gasteiger partial charge in [-0.25, -0.2) is 8.42 Å². The van der Waals surface area contributed by atoms with Gasteiger partial charge in [0, 0.05) is 6.42 Å². The van der Waals surface area contributed by atoms with Crippen LogP contribution in [-0.2, 0) is 10.1 Å². The molecule has 0 aliphatic carbocycles. The molecule has 3 rings (SSSR count). The summed E-state index contributed by atoms with van der Waals surface area (Å²) in [5.74, 6) is 3.61. The molecular weight excluding hydrogens is 516 g/mol. The molecule has 0 atom stereocenters. The highest BCUT2D eigenvalue weighted by molar-refractivity contribution is 7.99. The van der Waals surface area contributed by atoms with Crippen molar-refractivity contribution in [2.45, 2.75) is 57.4 Å². The van der Waals surface area contributed by atoms with Crippen LogP contribution >= 0.6 is 7.26 Å². The highest BCUT2D eigenvalue weighted by atomic mass is 32.2. The molecule has 0 saturated heterocycles. The number of unbranched alkanes of at least 4 members (excludes halogenated alkanes) is 6. The van der Waals surface area contributed by atoms with Crippen LogP contribution in [0.25, 0.3) is 0 Å². The summed E-state index contributed by atoms with van der Waals surface area (Å²) in [4.78, 5) is 0. The van der Waals surface area contributed by atoms with E-state index in [1.807, 2.05) is 0 Å². The maximum Gasteiger partial charge on any atom is 0.485 e. The van der Waals surface area contributed by atoms with Crippen LogP contribution < -0.4 is 15.9 Å². The molecule has 0 radical (unpaired) electrons. The van der Waals surface area contributed by atoms with Crippen LogP contribution in [0.4, 0.5) is 13.2 Å². The molecule has 0 bridgehead atoms. The van der Waals surface area contributed by atoms with E-state index < -0.39 is 22.9 Å². The first kappa shape index (κ1) is 30.6. The lowest BCUT2D eigenvalue weighted by atomic mass is 10.1. The van der Waals surface area contributed by atoms with Gasteiger partial charge in [-0.3, -0.25) is 0 Å². The lowest BCUT2D eigenvalue weighted by Gasteiger charge is -2.21. The van der Waals surface area contributed by atoms with Crippen molar-refractivity contribution in [1.29, 1.82) is 0 Å². The first-order valence-corrected chi connectivity index (χ1v) is 15.4. The number of hydrogen-bond acceptors (Lipinski definition) is 3. The summed E-state index contributed by atoms with van der Waals surface area (Å²) >= 11 is 0. The third-order valence-electron chi connectivity index (χ3n) is 5.62. The minimum atomic E-state index is -6.09. The molecule has 3 aromatic rings. The van der Waals surface area contributed by atoms with E-state index in [0.717, 1.165) is 6.42 Å². The smallest absolute Gasteiger partial charge is 0.485 e. The molecule has 0 heterocycles. The Morgan fingerprint density at radius 3 is 1.41 bits per heavy atom. The SMILES string of the molecule is CCCCCCCCC#C[P+](c1ccccc1)(c1ccccc1)c1ccccc1.O=S(=O)([O-])C(F)(F)F. The molecule has 8 heteroatoms. The fraction of sp³-hybridized carbons (Fsp3) is 0.310. The van der Waals surface area contributed by atoms with E-state index in [4.69, 9.17) is 13.0 Å². The maximum atomic E-state index is 10.7. The van der Waals surface area contributed by atoms with Crippen LogP contribution in [0.3, 0.4) is 0 Å². The predicted octanol–water partition coefficient (Wildman–Crippen LogP) is 6.74. The Labute approximate surface area is 219 Å². The Bertz CT molecular complexity index is 1120. The van der Waals surface area contributed by atoms with Gasteiger partial charge < -0.3 is 4.55 Å². The number of hydrogen-bond donors (Lipinski definition) is 0. The second-order valence-corrected chi connectivity index (χ2v) is 12.9. The zero-order valence-corrected chi connectivity index (χ0v) is 22.5. The minimum Gasteiger partial charge on any atom is -0.741 e. The Morgan fingerprint density at radius 1 is 0.703 bits per heavy atom. The van der Waals surface area contributed by atoms with E-state index in [-0.39, 0.29) is 0 Å². The summed E-state index contributed by atoms with van der Waals surface area (Å²) in [5, 5.41) is 4.02. The largest absolute Gasteiger partial charge is 0.741 e. The summed E-state index contributed by atoms with van der Waals surface area (Å²) < 4.78 is 58.9. The molecular formula is C29H32F3O3PS. The molecule has 3 aromatic carbocycles. The number of benzene rings is 3. The second kappa shape index (κ2) is 14.9. The summed E-state index contributed by atoms with van der Waals surface area (Å²) in [5.41, 5.74) is -1.80. The van der Waals surface area contributed by atoms with Crippen molar-refractivity contribution in [2.24, 2.45) is 0 Å². The standard InChI is InChI=1S/C28H32P.CHF3O3S/c1-2-3-4-5-6-7-8-18-25-29(26-19-12-9-13-20-26,27-21-14-10-15-22-27)28-23-16-11-17-24-28;2-1(3,4)8(5,6)7/h9-17,19-24H,2-8H2,1H3;(H,5,6,7)/q+1;/p-1. The van der Waals surface area contributed by atoms with Crippen LogP contribution in [0.2, 0.25) is 0 Å². The molecule has 37 heavy (non-hydrogen) atoms. The molecule has 0 fully saturated rings. The molecule has 0 unspecified atom stereocenters. The highest BCUT2D eigenvalue weighted by Gasteiger charge is 2.44. The lowest BCUT2D eigenvalue weighted by molar-refractivity contribution is -0.0517. The fourth-order valence-corrected chi connectivity index (χ4v) is 7.25. The van der Waals surface area contributed by atoms with Gasteiger partial charge in [0.2, 0.25) is 0 Å². The van der Waals surface area contributed by atoms with E-state index in [9.17, 15) is 13.2 Å².